The van der Waals surface area contributed by atoms with Gasteiger partial charge in [0.15, 0.2) is 0 Å². The van der Waals surface area contributed by atoms with Gasteiger partial charge in [0.05, 0.1) is 0 Å². The Morgan fingerprint density at radius 2 is 2.18 bits per heavy atom. The van der Waals surface area contributed by atoms with E-state index in [2.05, 4.69) is 4.98 Å². The number of phenolic OH excluding ortho intramolecular Hbond substituents is 1. The van der Waals surface area contributed by atoms with Gasteiger partial charge in [0.2, 0.25) is 0 Å². The van der Waals surface area contributed by atoms with Gasteiger partial charge in [-0.15, -0.1) is 23.7 Å². The molecule has 0 bridgehead atoms. The van der Waals surface area contributed by atoms with Crippen molar-refractivity contribution >= 4 is 23.7 Å². The van der Waals surface area contributed by atoms with Crippen molar-refractivity contribution in [1.29, 1.82) is 0 Å². The maximum Gasteiger partial charge on any atom is 0.123 e. The number of aromatic hydroxyl groups is 1. The minimum absolute atomic E-state index is 0. The van der Waals surface area contributed by atoms with Crippen LogP contribution in [0.1, 0.15) is 17.2 Å². The van der Waals surface area contributed by atoms with Crippen LogP contribution in [0.4, 0.5) is 0 Å². The Morgan fingerprint density at radius 3 is 2.82 bits per heavy atom. The number of nitrogens with two attached hydrogens (primary N) is 1. The second-order valence-electron chi connectivity index (χ2n) is 4.12. The molecule has 1 fully saturated rings. The van der Waals surface area contributed by atoms with Gasteiger partial charge in [0, 0.05) is 28.6 Å². The lowest BCUT2D eigenvalue weighted by Gasteiger charge is -1.96. The number of phenols is 1. The van der Waals surface area contributed by atoms with Crippen molar-refractivity contribution in [2.75, 3.05) is 0 Å². The molecule has 3 rings (SSSR count). The standard InChI is InChI=1S/C12H12N2OS.ClH/c13-10-5-9(10)11-6-14-12(16-11)7-2-1-3-8(15)4-7;/h1-4,6,9-10,15H,5,13H2;1H/t9-,10-;/m0./s1. The Morgan fingerprint density at radius 1 is 1.41 bits per heavy atom. The third-order valence-corrected chi connectivity index (χ3v) is 4.00. The van der Waals surface area contributed by atoms with Crippen LogP contribution >= 0.6 is 23.7 Å². The molecule has 0 unspecified atom stereocenters. The zero-order valence-corrected chi connectivity index (χ0v) is 10.7. The maximum atomic E-state index is 9.40. The predicted octanol–water partition coefficient (Wildman–Crippen LogP) is 2.75. The van der Waals surface area contributed by atoms with E-state index in [1.54, 1.807) is 23.5 Å². The fourth-order valence-corrected chi connectivity index (χ4v) is 2.87. The van der Waals surface area contributed by atoms with Gasteiger partial charge in [-0.1, -0.05) is 12.1 Å². The van der Waals surface area contributed by atoms with E-state index in [1.165, 1.54) is 4.88 Å². The molecule has 1 heterocycles. The molecule has 90 valence electrons. The van der Waals surface area contributed by atoms with Crippen LogP contribution in [0.3, 0.4) is 0 Å². The van der Waals surface area contributed by atoms with E-state index in [1.807, 2.05) is 18.3 Å². The van der Waals surface area contributed by atoms with E-state index in [9.17, 15) is 5.11 Å². The van der Waals surface area contributed by atoms with Crippen molar-refractivity contribution in [3.05, 3.63) is 35.3 Å². The van der Waals surface area contributed by atoms with Crippen LogP contribution < -0.4 is 5.73 Å². The third kappa shape index (κ3) is 2.44. The molecule has 1 saturated carbocycles. The van der Waals surface area contributed by atoms with Crippen LogP contribution in [-0.2, 0) is 0 Å². The summed E-state index contributed by atoms with van der Waals surface area (Å²) >= 11 is 1.67. The number of thiazole rings is 1. The van der Waals surface area contributed by atoms with Gasteiger partial charge >= 0.3 is 0 Å². The van der Waals surface area contributed by atoms with E-state index in [0.717, 1.165) is 17.0 Å². The lowest BCUT2D eigenvalue weighted by Crippen LogP contribution is -1.99. The van der Waals surface area contributed by atoms with Gasteiger partial charge in [-0.25, -0.2) is 4.98 Å². The smallest absolute Gasteiger partial charge is 0.123 e. The van der Waals surface area contributed by atoms with E-state index in [-0.39, 0.29) is 18.2 Å². The third-order valence-electron chi connectivity index (χ3n) is 2.82. The molecule has 5 heteroatoms. The molecular weight excluding hydrogens is 256 g/mol. The van der Waals surface area contributed by atoms with E-state index < -0.39 is 0 Å². The second kappa shape index (κ2) is 4.64. The molecule has 2 aromatic rings. The van der Waals surface area contributed by atoms with Crippen LogP contribution in [0.2, 0.25) is 0 Å². The molecule has 17 heavy (non-hydrogen) atoms. The summed E-state index contributed by atoms with van der Waals surface area (Å²) in [5.41, 5.74) is 6.77. The van der Waals surface area contributed by atoms with Gasteiger partial charge in [0.25, 0.3) is 0 Å². The summed E-state index contributed by atoms with van der Waals surface area (Å²) in [6, 6.07) is 7.49. The van der Waals surface area contributed by atoms with Crippen molar-refractivity contribution in [2.45, 2.75) is 18.4 Å². The topological polar surface area (TPSA) is 59.1 Å². The minimum atomic E-state index is 0. The number of hydrogen-bond donors (Lipinski definition) is 2. The Bertz CT molecular complexity index is 529. The number of aromatic nitrogens is 1. The van der Waals surface area contributed by atoms with E-state index in [4.69, 9.17) is 5.73 Å². The van der Waals surface area contributed by atoms with Crippen LogP contribution in [0.15, 0.2) is 30.5 Å². The van der Waals surface area contributed by atoms with Crippen LogP contribution in [0.25, 0.3) is 10.6 Å². The summed E-state index contributed by atoms with van der Waals surface area (Å²) in [4.78, 5) is 5.63. The molecule has 0 aliphatic heterocycles. The fraction of sp³-hybridized carbons (Fsp3) is 0.250. The van der Waals surface area contributed by atoms with Crippen LogP contribution in [-0.4, -0.2) is 16.1 Å². The monoisotopic (exact) mass is 268 g/mol. The average molecular weight is 269 g/mol. The Balaban J connectivity index is 0.00000108. The SMILES string of the molecule is Cl.N[C@H]1C[C@@H]1c1cnc(-c2cccc(O)c2)s1. The van der Waals surface area contributed by atoms with E-state index in [0.29, 0.717) is 12.0 Å². The summed E-state index contributed by atoms with van der Waals surface area (Å²) in [5.74, 6) is 0.779. The highest BCUT2D eigenvalue weighted by Crippen LogP contribution is 2.43. The lowest BCUT2D eigenvalue weighted by atomic mass is 10.2. The highest BCUT2D eigenvalue weighted by Gasteiger charge is 2.36. The van der Waals surface area contributed by atoms with Crippen LogP contribution in [0, 0.1) is 0 Å². The van der Waals surface area contributed by atoms with Crippen LogP contribution in [0.5, 0.6) is 5.75 Å². The average Bonchev–Trinajstić information content (AvgIpc) is 2.81. The van der Waals surface area contributed by atoms with E-state index >= 15 is 0 Å². The number of rotatable bonds is 2. The van der Waals surface area contributed by atoms with Crippen molar-refractivity contribution in [3.8, 4) is 16.3 Å². The van der Waals surface area contributed by atoms with Crippen molar-refractivity contribution in [1.82, 2.24) is 4.98 Å². The first-order valence-electron chi connectivity index (χ1n) is 5.25. The summed E-state index contributed by atoms with van der Waals surface area (Å²) in [5, 5.41) is 10.4. The summed E-state index contributed by atoms with van der Waals surface area (Å²) in [7, 11) is 0. The molecule has 1 aromatic heterocycles. The summed E-state index contributed by atoms with van der Waals surface area (Å²) in [6.07, 6.45) is 2.98. The normalized spacial score (nSPS) is 21.9. The maximum absolute atomic E-state index is 9.40. The molecular formula is C12H13ClN2OS. The minimum Gasteiger partial charge on any atom is -0.508 e. The van der Waals surface area contributed by atoms with Gasteiger partial charge in [-0.2, -0.15) is 0 Å². The molecule has 2 atom stereocenters. The Labute approximate surface area is 110 Å². The first kappa shape index (κ1) is 12.4. The Hall–Kier alpha value is -1.10. The molecule has 0 radical (unpaired) electrons. The Kier molecular flexibility index (Phi) is 3.38. The molecule has 3 N–H and O–H groups in total. The second-order valence-corrected chi connectivity index (χ2v) is 5.19. The molecule has 0 amide bonds. The highest BCUT2D eigenvalue weighted by molar-refractivity contribution is 7.15. The van der Waals surface area contributed by atoms with Crippen molar-refractivity contribution in [2.24, 2.45) is 5.73 Å². The van der Waals surface area contributed by atoms with Crippen molar-refractivity contribution in [3.63, 3.8) is 0 Å². The van der Waals surface area contributed by atoms with Crippen molar-refractivity contribution < 1.29 is 5.11 Å². The first-order valence-corrected chi connectivity index (χ1v) is 6.06. The zero-order valence-electron chi connectivity index (χ0n) is 9.04. The summed E-state index contributed by atoms with van der Waals surface area (Å²) < 4.78 is 0. The predicted molar refractivity (Wildman–Crippen MR) is 71.8 cm³/mol. The summed E-state index contributed by atoms with van der Waals surface area (Å²) in [6.45, 7) is 0. The number of halogens is 1. The van der Waals surface area contributed by atoms with Gasteiger partial charge in [-0.05, 0) is 18.6 Å². The van der Waals surface area contributed by atoms with Gasteiger partial charge in [0.1, 0.15) is 10.8 Å². The molecule has 1 aliphatic carbocycles. The molecule has 0 spiro atoms. The zero-order chi connectivity index (χ0) is 11.1. The van der Waals surface area contributed by atoms with Gasteiger partial charge < -0.3 is 10.8 Å². The fourth-order valence-electron chi connectivity index (χ4n) is 1.77. The van der Waals surface area contributed by atoms with Gasteiger partial charge in [-0.3, -0.25) is 0 Å². The molecule has 0 saturated heterocycles. The molecule has 1 aliphatic rings. The molecule has 3 nitrogen and oxygen atoms in total. The quantitative estimate of drug-likeness (QED) is 0.880. The first-order chi connectivity index (χ1) is 7.74. The lowest BCUT2D eigenvalue weighted by molar-refractivity contribution is 0.475. The largest absolute Gasteiger partial charge is 0.508 e. The molecule has 1 aromatic carbocycles. The number of benzene rings is 1. The highest BCUT2D eigenvalue weighted by atomic mass is 35.5. The number of nitrogens with zero attached hydrogens (tertiary/aromatic N) is 1. The number of hydrogen-bond acceptors (Lipinski definition) is 4.